The van der Waals surface area contributed by atoms with Crippen LogP contribution in [0.5, 0.6) is 0 Å². The normalized spacial score (nSPS) is 11.4. The second-order valence-corrected chi connectivity index (χ2v) is 15.4. The third-order valence-electron chi connectivity index (χ3n) is 10.5. The first-order valence-electron chi connectivity index (χ1n) is 22.5. The van der Waals surface area contributed by atoms with E-state index in [2.05, 4.69) is 13.8 Å². The van der Waals surface area contributed by atoms with Gasteiger partial charge in [-0.15, -0.1) is 0 Å². The van der Waals surface area contributed by atoms with Gasteiger partial charge in [0, 0.05) is 6.42 Å². The number of hydrogen-bond acceptors (Lipinski definition) is 2. The molecule has 0 atom stereocenters. The van der Waals surface area contributed by atoms with Crippen LogP contribution in [0.15, 0.2) is 0 Å². The highest BCUT2D eigenvalue weighted by Crippen LogP contribution is 2.17. The van der Waals surface area contributed by atoms with E-state index in [1.807, 2.05) is 0 Å². The Morgan fingerprint density at radius 1 is 0.277 bits per heavy atom. The summed E-state index contributed by atoms with van der Waals surface area (Å²) in [6.07, 6.45) is 56.5. The topological polar surface area (TPSA) is 26.3 Å². The Kier molecular flexibility index (Phi) is 43.0. The highest BCUT2D eigenvalue weighted by atomic mass is 16.5. The summed E-state index contributed by atoms with van der Waals surface area (Å²) in [6.45, 7) is 5.23. The molecule has 282 valence electrons. The summed E-state index contributed by atoms with van der Waals surface area (Å²) in [7, 11) is 0. The summed E-state index contributed by atoms with van der Waals surface area (Å²) in [5, 5.41) is 0. The molecule has 0 rings (SSSR count). The third-order valence-corrected chi connectivity index (χ3v) is 10.5. The Morgan fingerprint density at radius 3 is 0.702 bits per heavy atom. The summed E-state index contributed by atoms with van der Waals surface area (Å²) in [5.74, 6) is 0.0304. The number of hydrogen-bond donors (Lipinski definition) is 0. The van der Waals surface area contributed by atoms with Gasteiger partial charge in [-0.05, 0) is 12.8 Å². The van der Waals surface area contributed by atoms with Crippen LogP contribution in [0.2, 0.25) is 0 Å². The number of rotatable bonds is 42. The van der Waals surface area contributed by atoms with Gasteiger partial charge in [0.05, 0.1) is 6.61 Å². The lowest BCUT2D eigenvalue weighted by atomic mass is 10.0. The van der Waals surface area contributed by atoms with Crippen molar-refractivity contribution < 1.29 is 9.53 Å². The van der Waals surface area contributed by atoms with E-state index in [-0.39, 0.29) is 5.97 Å². The van der Waals surface area contributed by atoms with E-state index in [1.54, 1.807) is 0 Å². The molecule has 0 amide bonds. The molecule has 47 heavy (non-hydrogen) atoms. The molecule has 0 radical (unpaired) electrons. The molecule has 0 bridgehead atoms. The zero-order valence-corrected chi connectivity index (χ0v) is 33.0. The van der Waals surface area contributed by atoms with Crippen molar-refractivity contribution in [1.82, 2.24) is 0 Å². The van der Waals surface area contributed by atoms with Gasteiger partial charge in [-0.25, -0.2) is 0 Å². The number of ether oxygens (including phenoxy) is 1. The second-order valence-electron chi connectivity index (χ2n) is 15.4. The Morgan fingerprint density at radius 2 is 0.468 bits per heavy atom. The van der Waals surface area contributed by atoms with Gasteiger partial charge in [-0.1, -0.05) is 258 Å². The van der Waals surface area contributed by atoms with E-state index < -0.39 is 0 Å². The van der Waals surface area contributed by atoms with Crippen LogP contribution in [0, 0.1) is 0 Å². The molecule has 0 saturated carbocycles. The van der Waals surface area contributed by atoms with E-state index in [4.69, 9.17) is 4.74 Å². The molecular weight excluding hydrogens is 572 g/mol. The summed E-state index contributed by atoms with van der Waals surface area (Å²) in [4.78, 5) is 12.0. The summed E-state index contributed by atoms with van der Waals surface area (Å²) in [5.41, 5.74) is 0. The van der Waals surface area contributed by atoms with Gasteiger partial charge in [-0.2, -0.15) is 0 Å². The smallest absolute Gasteiger partial charge is 0.305 e. The fourth-order valence-corrected chi connectivity index (χ4v) is 7.14. The van der Waals surface area contributed by atoms with E-state index in [9.17, 15) is 4.79 Å². The average molecular weight is 663 g/mol. The Hall–Kier alpha value is -0.530. The number of carbonyl (C=O) groups excluding carboxylic acids is 1. The Bertz CT molecular complexity index is 558. The van der Waals surface area contributed by atoms with Crippen LogP contribution < -0.4 is 0 Å². The van der Waals surface area contributed by atoms with Crippen LogP contribution >= 0.6 is 0 Å². The van der Waals surface area contributed by atoms with Crippen LogP contribution in [0.1, 0.15) is 277 Å². The fourth-order valence-electron chi connectivity index (χ4n) is 7.14. The van der Waals surface area contributed by atoms with Crippen molar-refractivity contribution in [3.05, 3.63) is 0 Å². The monoisotopic (exact) mass is 663 g/mol. The SMILES string of the molecule is CCCCCCCCCCCCCCCCCCCCCCCCCCCCCOC(=O)CCCCCCCCCCCCCCC. The van der Waals surface area contributed by atoms with Crippen molar-refractivity contribution >= 4 is 5.97 Å². The fraction of sp³-hybridized carbons (Fsp3) is 0.978. The lowest BCUT2D eigenvalue weighted by Gasteiger charge is -2.06. The molecule has 0 heterocycles. The van der Waals surface area contributed by atoms with Gasteiger partial charge >= 0.3 is 5.97 Å². The van der Waals surface area contributed by atoms with Gasteiger partial charge < -0.3 is 4.74 Å². The van der Waals surface area contributed by atoms with E-state index in [0.717, 1.165) is 12.8 Å². The van der Waals surface area contributed by atoms with Crippen molar-refractivity contribution in [2.45, 2.75) is 277 Å². The van der Waals surface area contributed by atoms with Crippen molar-refractivity contribution in [1.29, 1.82) is 0 Å². The first-order chi connectivity index (χ1) is 23.3. The van der Waals surface area contributed by atoms with Crippen LogP contribution in [0.4, 0.5) is 0 Å². The van der Waals surface area contributed by atoms with Gasteiger partial charge in [0.2, 0.25) is 0 Å². The maximum absolute atomic E-state index is 12.0. The molecule has 0 saturated heterocycles. The first-order valence-corrected chi connectivity index (χ1v) is 22.5. The zero-order chi connectivity index (χ0) is 34.0. The van der Waals surface area contributed by atoms with Crippen molar-refractivity contribution in [3.8, 4) is 0 Å². The third kappa shape index (κ3) is 43.4. The maximum atomic E-state index is 12.0. The molecule has 2 nitrogen and oxygen atoms in total. The molecule has 0 N–H and O–H groups in total. The number of esters is 1. The largest absolute Gasteiger partial charge is 0.466 e. The molecule has 0 unspecified atom stereocenters. The standard InChI is InChI=1S/C45H90O2/c1-3-5-7-9-11-13-15-17-18-19-20-21-22-23-24-25-26-27-28-29-30-32-34-36-38-40-42-44-47-45(46)43-41-39-37-35-33-31-16-14-12-10-8-6-4-2/h3-44H2,1-2H3. The molecule has 0 aromatic carbocycles. The average Bonchev–Trinajstić information content (AvgIpc) is 3.08. The molecule has 0 aliphatic rings. The van der Waals surface area contributed by atoms with E-state index in [1.165, 1.54) is 244 Å². The minimum Gasteiger partial charge on any atom is -0.466 e. The quantitative estimate of drug-likeness (QED) is 0.0480. The Labute approximate surface area is 298 Å². The minimum absolute atomic E-state index is 0.0304. The summed E-state index contributed by atoms with van der Waals surface area (Å²) >= 11 is 0. The van der Waals surface area contributed by atoms with Gasteiger partial charge in [0.15, 0.2) is 0 Å². The van der Waals surface area contributed by atoms with Gasteiger partial charge in [-0.3, -0.25) is 4.79 Å². The molecular formula is C45H90O2. The predicted octanol–water partition coefficient (Wildman–Crippen LogP) is 16.6. The molecule has 0 spiro atoms. The highest BCUT2D eigenvalue weighted by molar-refractivity contribution is 5.69. The van der Waals surface area contributed by atoms with E-state index >= 15 is 0 Å². The summed E-state index contributed by atoms with van der Waals surface area (Å²) < 4.78 is 5.47. The van der Waals surface area contributed by atoms with Crippen LogP contribution in [0.25, 0.3) is 0 Å². The van der Waals surface area contributed by atoms with Crippen LogP contribution in [0.3, 0.4) is 0 Å². The minimum atomic E-state index is 0.0304. The number of carbonyl (C=O) groups is 1. The maximum Gasteiger partial charge on any atom is 0.305 e. The van der Waals surface area contributed by atoms with Crippen LogP contribution in [-0.4, -0.2) is 12.6 Å². The molecule has 0 fully saturated rings. The van der Waals surface area contributed by atoms with Crippen molar-refractivity contribution in [2.24, 2.45) is 0 Å². The summed E-state index contributed by atoms with van der Waals surface area (Å²) in [6, 6.07) is 0. The molecule has 0 aromatic heterocycles. The lowest BCUT2D eigenvalue weighted by Crippen LogP contribution is -2.05. The lowest BCUT2D eigenvalue weighted by molar-refractivity contribution is -0.143. The number of unbranched alkanes of at least 4 members (excludes halogenated alkanes) is 38. The van der Waals surface area contributed by atoms with Gasteiger partial charge in [0.1, 0.15) is 0 Å². The Balaban J connectivity index is 3.12. The van der Waals surface area contributed by atoms with Crippen molar-refractivity contribution in [2.75, 3.05) is 6.61 Å². The van der Waals surface area contributed by atoms with Gasteiger partial charge in [0.25, 0.3) is 0 Å². The zero-order valence-electron chi connectivity index (χ0n) is 33.0. The molecule has 0 aliphatic carbocycles. The highest BCUT2D eigenvalue weighted by Gasteiger charge is 2.03. The predicted molar refractivity (Wildman–Crippen MR) is 212 cm³/mol. The van der Waals surface area contributed by atoms with E-state index in [0.29, 0.717) is 13.0 Å². The molecule has 0 aliphatic heterocycles. The first kappa shape index (κ1) is 46.5. The second kappa shape index (κ2) is 43.5. The molecule has 2 heteroatoms. The van der Waals surface area contributed by atoms with Crippen LogP contribution in [-0.2, 0) is 9.53 Å². The van der Waals surface area contributed by atoms with Crippen molar-refractivity contribution in [3.63, 3.8) is 0 Å². The molecule has 0 aromatic rings.